The first-order chi connectivity index (χ1) is 8.97. The van der Waals surface area contributed by atoms with Crippen LogP contribution in [0.4, 0.5) is 0 Å². The van der Waals surface area contributed by atoms with Crippen molar-refractivity contribution >= 4 is 24.4 Å². The summed E-state index contributed by atoms with van der Waals surface area (Å²) >= 11 is 0. The lowest BCUT2D eigenvalue weighted by Gasteiger charge is -2.15. The highest BCUT2D eigenvalue weighted by Gasteiger charge is 2.01. The van der Waals surface area contributed by atoms with Crippen molar-refractivity contribution in [1.29, 1.82) is 0 Å². The van der Waals surface area contributed by atoms with E-state index in [0.29, 0.717) is 6.54 Å². The van der Waals surface area contributed by atoms with Crippen molar-refractivity contribution in [2.75, 3.05) is 27.2 Å². The van der Waals surface area contributed by atoms with E-state index in [2.05, 4.69) is 20.6 Å². The van der Waals surface area contributed by atoms with Gasteiger partial charge in [0.05, 0.1) is 12.4 Å². The Morgan fingerprint density at radius 1 is 1.42 bits per heavy atom. The number of hydrogen-bond donors (Lipinski definition) is 2. The molecule has 0 aromatic rings. The third-order valence-corrected chi connectivity index (χ3v) is 2.44. The highest BCUT2D eigenvalue weighted by atomic mass is 16.2. The summed E-state index contributed by atoms with van der Waals surface area (Å²) in [6.45, 7) is 4.91. The number of amides is 2. The van der Waals surface area contributed by atoms with E-state index in [1.807, 2.05) is 6.92 Å². The molecule has 7 heteroatoms. The first kappa shape index (κ1) is 17.2. The van der Waals surface area contributed by atoms with Crippen LogP contribution in [0.5, 0.6) is 0 Å². The first-order valence-corrected chi connectivity index (χ1v) is 6.19. The topological polar surface area (TPSA) is 86.2 Å². The van der Waals surface area contributed by atoms with Crippen molar-refractivity contribution in [3.05, 3.63) is 0 Å². The fourth-order valence-electron chi connectivity index (χ4n) is 1.14. The zero-order chi connectivity index (χ0) is 14.7. The van der Waals surface area contributed by atoms with Gasteiger partial charge in [0, 0.05) is 27.6 Å². The third kappa shape index (κ3) is 9.90. The van der Waals surface area contributed by atoms with Crippen molar-refractivity contribution in [2.45, 2.75) is 26.4 Å². The molecule has 1 unspecified atom stereocenters. The maximum atomic E-state index is 11.0. The van der Waals surface area contributed by atoms with E-state index in [1.165, 1.54) is 13.4 Å². The molecule has 7 nitrogen and oxygen atoms in total. The number of rotatable bonds is 8. The van der Waals surface area contributed by atoms with Crippen LogP contribution in [-0.2, 0) is 9.59 Å². The average Bonchev–Trinajstić information content (AvgIpc) is 2.38. The second kappa shape index (κ2) is 10.2. The summed E-state index contributed by atoms with van der Waals surface area (Å²) in [7, 11) is 3.31. The van der Waals surface area contributed by atoms with Gasteiger partial charge in [-0.1, -0.05) is 0 Å². The molecular weight excluding hydrogens is 246 g/mol. The van der Waals surface area contributed by atoms with Crippen LogP contribution in [0.2, 0.25) is 0 Å². The Balaban J connectivity index is 3.72. The molecule has 0 fully saturated rings. The number of aliphatic imine (C=N–C) groups is 2. The predicted octanol–water partition coefficient (Wildman–Crippen LogP) is -0.364. The van der Waals surface area contributed by atoms with E-state index in [4.69, 9.17) is 0 Å². The monoisotopic (exact) mass is 269 g/mol. The Bertz CT molecular complexity index is 341. The van der Waals surface area contributed by atoms with Gasteiger partial charge in [0.15, 0.2) is 0 Å². The zero-order valence-corrected chi connectivity index (χ0v) is 12.0. The van der Waals surface area contributed by atoms with Crippen molar-refractivity contribution in [3.63, 3.8) is 0 Å². The van der Waals surface area contributed by atoms with E-state index in [0.717, 1.165) is 19.2 Å². The van der Waals surface area contributed by atoms with Crippen molar-refractivity contribution < 1.29 is 9.59 Å². The minimum atomic E-state index is -0.265. The molecule has 19 heavy (non-hydrogen) atoms. The SMILES string of the molecule is CNC(=O)/C=N/C=N\C(C)NCCCN(C)C(C)=O. The Morgan fingerprint density at radius 2 is 2.11 bits per heavy atom. The molecule has 0 heterocycles. The standard InChI is InChI=1S/C12H23N5O2/c1-10(16-9-14-8-12(19)13-3)15-6-5-7-17(4)11(2)18/h8-10,15H,5-7H2,1-4H3,(H,13,19)/b14-8+,16-9-. The Hall–Kier alpha value is -1.76. The maximum absolute atomic E-state index is 11.0. The predicted molar refractivity (Wildman–Crippen MR) is 76.4 cm³/mol. The van der Waals surface area contributed by atoms with Gasteiger partial charge in [-0.2, -0.15) is 0 Å². The molecule has 0 aromatic heterocycles. The van der Waals surface area contributed by atoms with Crippen LogP contribution in [0, 0.1) is 0 Å². The van der Waals surface area contributed by atoms with Crippen LogP contribution in [0.3, 0.4) is 0 Å². The summed E-state index contributed by atoms with van der Waals surface area (Å²) in [5.41, 5.74) is 0. The molecule has 0 aromatic carbocycles. The number of hydrogen-bond acceptors (Lipinski definition) is 4. The fourth-order valence-corrected chi connectivity index (χ4v) is 1.14. The molecule has 0 bridgehead atoms. The molecule has 0 aliphatic rings. The minimum absolute atomic E-state index is 0.0645. The molecule has 108 valence electrons. The van der Waals surface area contributed by atoms with Gasteiger partial charge in [-0.15, -0.1) is 0 Å². The molecule has 1 atom stereocenters. The number of carbonyl (C=O) groups is 2. The van der Waals surface area contributed by atoms with Crippen LogP contribution < -0.4 is 10.6 Å². The number of carbonyl (C=O) groups excluding carboxylic acids is 2. The third-order valence-electron chi connectivity index (χ3n) is 2.44. The van der Waals surface area contributed by atoms with Gasteiger partial charge in [0.1, 0.15) is 6.34 Å². The van der Waals surface area contributed by atoms with Gasteiger partial charge in [-0.25, -0.2) is 4.99 Å². The smallest absolute Gasteiger partial charge is 0.262 e. The summed E-state index contributed by atoms with van der Waals surface area (Å²) in [5.74, 6) is -0.200. The second-order valence-corrected chi connectivity index (χ2v) is 4.08. The molecule has 0 saturated carbocycles. The summed E-state index contributed by atoms with van der Waals surface area (Å²) < 4.78 is 0. The van der Waals surface area contributed by atoms with Crippen LogP contribution in [0.25, 0.3) is 0 Å². The molecule has 0 rings (SSSR count). The van der Waals surface area contributed by atoms with Crippen LogP contribution in [0.15, 0.2) is 9.98 Å². The summed E-state index contributed by atoms with van der Waals surface area (Å²) in [6.07, 6.45) is 3.29. The fraction of sp³-hybridized carbons (Fsp3) is 0.667. The quantitative estimate of drug-likeness (QED) is 0.358. The molecule has 0 aliphatic heterocycles. The van der Waals surface area contributed by atoms with Gasteiger partial charge in [-0.05, 0) is 19.9 Å². The van der Waals surface area contributed by atoms with E-state index in [9.17, 15) is 9.59 Å². The lowest BCUT2D eigenvalue weighted by Crippen LogP contribution is -2.30. The number of nitrogens with one attached hydrogen (secondary N) is 2. The molecule has 2 N–H and O–H groups in total. The molecule has 0 saturated heterocycles. The van der Waals surface area contributed by atoms with Crippen molar-refractivity contribution in [2.24, 2.45) is 9.98 Å². The van der Waals surface area contributed by atoms with E-state index >= 15 is 0 Å². The zero-order valence-electron chi connectivity index (χ0n) is 12.0. The Morgan fingerprint density at radius 3 is 2.68 bits per heavy atom. The minimum Gasteiger partial charge on any atom is -0.354 e. The highest BCUT2D eigenvalue weighted by Crippen LogP contribution is 1.89. The summed E-state index contributed by atoms with van der Waals surface area (Å²) in [6, 6.07) is 0. The van der Waals surface area contributed by atoms with Gasteiger partial charge >= 0.3 is 0 Å². The van der Waals surface area contributed by atoms with Crippen molar-refractivity contribution in [1.82, 2.24) is 15.5 Å². The molecular formula is C12H23N5O2. The molecule has 2 amide bonds. The Kier molecular flexibility index (Phi) is 9.25. The van der Waals surface area contributed by atoms with Crippen LogP contribution >= 0.6 is 0 Å². The van der Waals surface area contributed by atoms with E-state index in [1.54, 1.807) is 18.9 Å². The Labute approximate surface area is 114 Å². The lowest BCUT2D eigenvalue weighted by atomic mass is 10.3. The normalized spacial score (nSPS) is 12.8. The average molecular weight is 269 g/mol. The molecule has 0 radical (unpaired) electrons. The van der Waals surface area contributed by atoms with Gasteiger partial charge in [0.2, 0.25) is 5.91 Å². The van der Waals surface area contributed by atoms with E-state index < -0.39 is 0 Å². The lowest BCUT2D eigenvalue weighted by molar-refractivity contribution is -0.127. The van der Waals surface area contributed by atoms with E-state index in [-0.39, 0.29) is 18.0 Å². The van der Waals surface area contributed by atoms with Gasteiger partial charge in [-0.3, -0.25) is 19.9 Å². The largest absolute Gasteiger partial charge is 0.354 e. The molecule has 0 spiro atoms. The maximum Gasteiger partial charge on any atom is 0.262 e. The second-order valence-electron chi connectivity index (χ2n) is 4.08. The van der Waals surface area contributed by atoms with Crippen LogP contribution in [-0.4, -0.2) is 62.6 Å². The van der Waals surface area contributed by atoms with Crippen LogP contribution in [0.1, 0.15) is 20.3 Å². The number of nitrogens with zero attached hydrogens (tertiary/aromatic N) is 3. The van der Waals surface area contributed by atoms with Gasteiger partial charge < -0.3 is 10.2 Å². The van der Waals surface area contributed by atoms with Gasteiger partial charge in [0.25, 0.3) is 5.91 Å². The molecule has 0 aliphatic carbocycles. The first-order valence-electron chi connectivity index (χ1n) is 6.19. The van der Waals surface area contributed by atoms with Crippen molar-refractivity contribution in [3.8, 4) is 0 Å². The summed E-state index contributed by atoms with van der Waals surface area (Å²) in [4.78, 5) is 31.3. The highest BCUT2D eigenvalue weighted by molar-refractivity contribution is 6.27. The summed E-state index contributed by atoms with van der Waals surface area (Å²) in [5, 5.41) is 5.59.